The van der Waals surface area contributed by atoms with Crippen LogP contribution < -0.4 is 0 Å². The van der Waals surface area contributed by atoms with Gasteiger partial charge in [0.25, 0.3) is 0 Å². The molecule has 2 nitrogen and oxygen atoms in total. The van der Waals surface area contributed by atoms with Crippen molar-refractivity contribution in [3.63, 3.8) is 0 Å². The molecule has 0 bridgehead atoms. The summed E-state index contributed by atoms with van der Waals surface area (Å²) in [4.78, 5) is 0. The third kappa shape index (κ3) is 6.32. The monoisotopic (exact) mass is 266 g/mol. The third-order valence-corrected chi connectivity index (χ3v) is 9.16. The molecule has 0 saturated carbocycles. The molecule has 0 aromatic heterocycles. The Morgan fingerprint density at radius 3 is 2.00 bits per heavy atom. The van der Waals surface area contributed by atoms with Gasteiger partial charge in [0.15, 0.2) is 0 Å². The molecule has 16 heavy (non-hydrogen) atoms. The van der Waals surface area contributed by atoms with Crippen molar-refractivity contribution in [2.24, 2.45) is 5.41 Å². The quantitative estimate of drug-likeness (QED) is 0.556. The van der Waals surface area contributed by atoms with Crippen LogP contribution >= 0.6 is 17.7 Å². The van der Waals surface area contributed by atoms with Gasteiger partial charge >= 0.3 is 0 Å². The Bertz CT molecular complexity index is 265. The zero-order valence-corrected chi connectivity index (χ0v) is 13.9. The lowest BCUT2D eigenvalue weighted by Gasteiger charge is -2.32. The number of hydrogen-bond donors (Lipinski definition) is 0. The van der Waals surface area contributed by atoms with Gasteiger partial charge in [-0.1, -0.05) is 39.1 Å². The van der Waals surface area contributed by atoms with Gasteiger partial charge in [0.2, 0.25) is 0 Å². The van der Waals surface area contributed by atoms with E-state index in [0.717, 1.165) is 16.8 Å². The van der Waals surface area contributed by atoms with E-state index >= 15 is 0 Å². The van der Waals surface area contributed by atoms with Gasteiger partial charge in [0.1, 0.15) is 6.34 Å². The summed E-state index contributed by atoms with van der Waals surface area (Å²) >= 11 is 1.68. The van der Waals surface area contributed by atoms with E-state index in [9.17, 15) is 4.57 Å². The van der Waals surface area contributed by atoms with Crippen LogP contribution in [0.5, 0.6) is 0 Å². The van der Waals surface area contributed by atoms with Crippen LogP contribution in [0.25, 0.3) is 0 Å². The van der Waals surface area contributed by atoms with Gasteiger partial charge in [-0.25, -0.2) is 0 Å². The van der Waals surface area contributed by atoms with Crippen LogP contribution in [0.15, 0.2) is 0 Å². The molecule has 4 heteroatoms. The van der Waals surface area contributed by atoms with Crippen molar-refractivity contribution in [2.45, 2.75) is 33.4 Å². The highest BCUT2D eigenvalue weighted by Crippen LogP contribution is 2.63. The van der Waals surface area contributed by atoms with Gasteiger partial charge in [-0.05, 0) is 12.1 Å². The van der Waals surface area contributed by atoms with Gasteiger partial charge in [-0.2, -0.15) is 0 Å². The Balaban J connectivity index is 4.32. The van der Waals surface area contributed by atoms with Crippen LogP contribution in [-0.2, 0) is 4.57 Å². The van der Waals surface area contributed by atoms with Crippen LogP contribution in [0.4, 0.5) is 0 Å². The molecular formula is C12H29NOPS+. The van der Waals surface area contributed by atoms with E-state index in [-0.39, 0.29) is 11.1 Å². The van der Waals surface area contributed by atoms with Crippen molar-refractivity contribution in [3.05, 3.63) is 0 Å². The Labute approximate surface area is 106 Å². The molecule has 0 aliphatic carbocycles. The lowest BCUT2D eigenvalue weighted by molar-refractivity contribution is -0.867. The summed E-state index contributed by atoms with van der Waals surface area (Å²) in [5.41, 5.74) is 0.408. The number of hydrogen-bond acceptors (Lipinski definition) is 2. The molecule has 2 unspecified atom stereocenters. The fourth-order valence-electron chi connectivity index (χ4n) is 1.31. The van der Waals surface area contributed by atoms with Crippen LogP contribution in [-0.4, -0.2) is 50.2 Å². The first kappa shape index (κ1) is 16.5. The Hall–Kier alpha value is 0.540. The summed E-state index contributed by atoms with van der Waals surface area (Å²) in [6, 6.07) is 0. The highest BCUT2D eigenvalue weighted by atomic mass is 32.7. The third-order valence-electron chi connectivity index (χ3n) is 3.07. The minimum Gasteiger partial charge on any atom is -0.330 e. The first-order chi connectivity index (χ1) is 6.86. The second-order valence-corrected chi connectivity index (χ2v) is 13.0. The average molecular weight is 266 g/mol. The smallest absolute Gasteiger partial charge is 0.139 e. The van der Waals surface area contributed by atoms with Gasteiger partial charge in [0.05, 0.1) is 27.7 Å². The molecule has 0 fully saturated rings. The zero-order chi connectivity index (χ0) is 13.2. The van der Waals surface area contributed by atoms with E-state index in [1.807, 2.05) is 6.66 Å². The topological polar surface area (TPSA) is 17.1 Å². The highest BCUT2D eigenvalue weighted by Gasteiger charge is 2.34. The molecule has 0 aliphatic rings. The Morgan fingerprint density at radius 2 is 1.69 bits per heavy atom. The fraction of sp³-hybridized carbons (Fsp3) is 1.00. The number of nitrogens with zero attached hydrogens (tertiary/aromatic N) is 1. The average Bonchev–Trinajstić information content (AvgIpc) is 1.98. The predicted molar refractivity (Wildman–Crippen MR) is 77.8 cm³/mol. The fourth-order valence-corrected chi connectivity index (χ4v) is 6.89. The lowest BCUT2D eigenvalue weighted by Crippen LogP contribution is -2.36. The van der Waals surface area contributed by atoms with Crippen molar-refractivity contribution >= 4 is 17.7 Å². The van der Waals surface area contributed by atoms with Crippen molar-refractivity contribution in [3.8, 4) is 0 Å². The van der Waals surface area contributed by atoms with Crippen molar-refractivity contribution in [1.29, 1.82) is 0 Å². The largest absolute Gasteiger partial charge is 0.330 e. The SMILES string of the molecule is CC(C(C)(C)C)P(C)(=O)SCC[N+](C)(C)C. The molecule has 2 atom stereocenters. The maximum absolute atomic E-state index is 12.6. The first-order valence-corrected chi connectivity index (χ1v) is 9.70. The van der Waals surface area contributed by atoms with Gasteiger partial charge in [-0.3, -0.25) is 0 Å². The maximum atomic E-state index is 12.6. The Morgan fingerprint density at radius 1 is 1.25 bits per heavy atom. The second kappa shape index (κ2) is 5.46. The number of rotatable bonds is 5. The zero-order valence-electron chi connectivity index (χ0n) is 12.2. The van der Waals surface area contributed by atoms with E-state index in [0.29, 0.717) is 0 Å². The summed E-state index contributed by atoms with van der Waals surface area (Å²) in [7, 11) is 6.52. The lowest BCUT2D eigenvalue weighted by atomic mass is 9.93. The van der Waals surface area contributed by atoms with E-state index < -0.39 is 6.34 Å². The van der Waals surface area contributed by atoms with Crippen molar-refractivity contribution < 1.29 is 9.05 Å². The summed E-state index contributed by atoms with van der Waals surface area (Å²) in [5.74, 6) is 0.984. The summed E-state index contributed by atoms with van der Waals surface area (Å²) in [5, 5.41) is 0. The van der Waals surface area contributed by atoms with E-state index in [2.05, 4.69) is 48.8 Å². The van der Waals surface area contributed by atoms with Crippen LogP contribution in [0.1, 0.15) is 27.7 Å². The maximum Gasteiger partial charge on any atom is 0.139 e. The van der Waals surface area contributed by atoms with Crippen LogP contribution in [0.2, 0.25) is 0 Å². The highest BCUT2D eigenvalue weighted by molar-refractivity contribution is 8.58. The van der Waals surface area contributed by atoms with Crippen LogP contribution in [0.3, 0.4) is 0 Å². The molecule has 0 aliphatic heterocycles. The summed E-state index contributed by atoms with van der Waals surface area (Å²) < 4.78 is 13.5. The molecule has 98 valence electrons. The standard InChI is InChI=1S/C12H29NOPS/c1-11(12(2,3)4)15(8,14)16-10-9-13(5,6)7/h11H,9-10H2,1-8H3/q+1. The van der Waals surface area contributed by atoms with E-state index in [1.165, 1.54) is 0 Å². The van der Waals surface area contributed by atoms with Gasteiger partial charge in [0, 0.05) is 11.4 Å². The molecule has 0 rings (SSSR count). The summed E-state index contributed by atoms with van der Waals surface area (Å²) in [6.45, 7) is 11.7. The second-order valence-electron chi connectivity index (χ2n) is 6.80. The molecule has 0 radical (unpaired) electrons. The first-order valence-electron chi connectivity index (χ1n) is 5.88. The normalized spacial score (nSPS) is 19.2. The molecule has 0 spiro atoms. The molecule has 0 aromatic rings. The minimum atomic E-state index is -2.08. The van der Waals surface area contributed by atoms with Crippen molar-refractivity contribution in [1.82, 2.24) is 0 Å². The van der Waals surface area contributed by atoms with Gasteiger partial charge < -0.3 is 9.05 Å². The minimum absolute atomic E-state index is 0.133. The van der Waals surface area contributed by atoms with Crippen molar-refractivity contribution in [2.75, 3.05) is 40.1 Å². The molecule has 0 amide bonds. The number of quaternary nitrogens is 1. The van der Waals surface area contributed by atoms with E-state index in [4.69, 9.17) is 0 Å². The molecule has 0 heterocycles. The van der Waals surface area contributed by atoms with E-state index in [1.54, 1.807) is 11.4 Å². The molecular weight excluding hydrogens is 237 g/mol. The predicted octanol–water partition coefficient (Wildman–Crippen LogP) is 3.77. The van der Waals surface area contributed by atoms with Gasteiger partial charge in [-0.15, -0.1) is 0 Å². The Kier molecular flexibility index (Phi) is 5.64. The molecule has 0 aromatic carbocycles. The molecule has 0 N–H and O–H groups in total. The summed E-state index contributed by atoms with van der Waals surface area (Å²) in [6.07, 6.45) is -2.08. The van der Waals surface area contributed by atoms with Crippen LogP contribution in [0, 0.1) is 5.41 Å². The molecule has 0 saturated heterocycles.